The Morgan fingerprint density at radius 3 is 2.76 bits per heavy atom. The van der Waals surface area contributed by atoms with Crippen molar-refractivity contribution < 1.29 is 4.79 Å². The molecule has 1 amide bonds. The summed E-state index contributed by atoms with van der Waals surface area (Å²) >= 11 is 0. The fourth-order valence-electron chi connectivity index (χ4n) is 3.58. The highest BCUT2D eigenvalue weighted by atomic mass is 16.1. The molecule has 2 aliphatic rings. The lowest BCUT2D eigenvalue weighted by atomic mass is 10.1. The maximum atomic E-state index is 11.8. The van der Waals surface area contributed by atoms with E-state index in [0.717, 1.165) is 42.0 Å². The fourth-order valence-corrected chi connectivity index (χ4v) is 3.58. The van der Waals surface area contributed by atoms with Crippen molar-refractivity contribution in [3.63, 3.8) is 0 Å². The van der Waals surface area contributed by atoms with Crippen LogP contribution in [0.15, 0.2) is 30.3 Å². The van der Waals surface area contributed by atoms with Crippen molar-refractivity contribution in [2.24, 2.45) is 5.73 Å². The average molecular weight is 334 g/mol. The number of primary amides is 1. The average Bonchev–Trinajstić information content (AvgIpc) is 3.28. The summed E-state index contributed by atoms with van der Waals surface area (Å²) in [5, 5.41) is 9.26. The van der Waals surface area contributed by atoms with Gasteiger partial charge in [-0.05, 0) is 12.8 Å². The number of nitriles is 1. The fraction of sp³-hybridized carbons (Fsp3) is 0.333. The highest BCUT2D eigenvalue weighted by Gasteiger charge is 2.35. The third-order valence-corrected chi connectivity index (χ3v) is 4.79. The molecular formula is C18H18N6O. The molecular weight excluding hydrogens is 316 g/mol. The smallest absolute Gasteiger partial charge is 0.240 e. The summed E-state index contributed by atoms with van der Waals surface area (Å²) in [6.45, 7) is 1.67. The van der Waals surface area contributed by atoms with Crippen LogP contribution in [0.5, 0.6) is 0 Å². The molecule has 0 radical (unpaired) electrons. The number of carbonyl (C=O) groups is 1. The monoisotopic (exact) mass is 334 g/mol. The second-order valence-corrected chi connectivity index (χ2v) is 6.37. The standard InChI is InChI=1S/C18H18N6O/c19-11-23-9-13-14(10-23)21-17(12-5-2-1-3-6-12)22-18(13)24-8-4-7-15(24)16(20)25/h1-3,5-6,15H,4,7-10H2,(H2,20,25). The molecule has 126 valence electrons. The Morgan fingerprint density at radius 1 is 1.24 bits per heavy atom. The molecule has 1 atom stereocenters. The van der Waals surface area contributed by atoms with E-state index >= 15 is 0 Å². The van der Waals surface area contributed by atoms with Gasteiger partial charge in [0.1, 0.15) is 11.9 Å². The van der Waals surface area contributed by atoms with E-state index in [0.29, 0.717) is 18.9 Å². The van der Waals surface area contributed by atoms with Crippen molar-refractivity contribution in [3.8, 4) is 17.6 Å². The Labute approximate surface area is 145 Å². The third-order valence-electron chi connectivity index (χ3n) is 4.79. The summed E-state index contributed by atoms with van der Waals surface area (Å²) in [5.41, 5.74) is 8.27. The number of hydrogen-bond acceptors (Lipinski definition) is 6. The van der Waals surface area contributed by atoms with Gasteiger partial charge in [0.15, 0.2) is 12.0 Å². The molecule has 0 spiro atoms. The Hall–Kier alpha value is -3.14. The van der Waals surface area contributed by atoms with E-state index in [1.165, 1.54) is 0 Å². The van der Waals surface area contributed by atoms with Crippen LogP contribution in [0.1, 0.15) is 24.1 Å². The first-order chi connectivity index (χ1) is 12.2. The molecule has 1 unspecified atom stereocenters. The van der Waals surface area contributed by atoms with E-state index in [9.17, 15) is 10.1 Å². The molecule has 4 rings (SSSR count). The molecule has 0 bridgehead atoms. The quantitative estimate of drug-likeness (QED) is 0.852. The molecule has 1 aromatic heterocycles. The first-order valence-corrected chi connectivity index (χ1v) is 8.33. The summed E-state index contributed by atoms with van der Waals surface area (Å²) in [4.78, 5) is 24.9. The number of fused-ring (bicyclic) bond motifs is 1. The van der Waals surface area contributed by atoms with Crippen LogP contribution in [0.25, 0.3) is 11.4 Å². The number of anilines is 1. The van der Waals surface area contributed by atoms with E-state index in [2.05, 4.69) is 11.2 Å². The van der Waals surface area contributed by atoms with Gasteiger partial charge < -0.3 is 15.5 Å². The molecule has 7 heteroatoms. The van der Waals surface area contributed by atoms with Gasteiger partial charge in [-0.3, -0.25) is 4.79 Å². The van der Waals surface area contributed by atoms with Crippen molar-refractivity contribution >= 4 is 11.7 Å². The zero-order valence-electron chi connectivity index (χ0n) is 13.7. The van der Waals surface area contributed by atoms with Crippen molar-refractivity contribution in [3.05, 3.63) is 41.6 Å². The number of nitrogens with two attached hydrogens (primary N) is 1. The van der Waals surface area contributed by atoms with Crippen molar-refractivity contribution in [1.29, 1.82) is 5.26 Å². The number of amides is 1. The van der Waals surface area contributed by atoms with E-state index in [4.69, 9.17) is 10.7 Å². The Balaban J connectivity index is 1.84. The van der Waals surface area contributed by atoms with Crippen LogP contribution in [0.3, 0.4) is 0 Å². The summed E-state index contributed by atoms with van der Waals surface area (Å²) in [6, 6.07) is 9.39. The number of hydrogen-bond donors (Lipinski definition) is 1. The van der Waals surface area contributed by atoms with Crippen LogP contribution >= 0.6 is 0 Å². The molecule has 1 fully saturated rings. The van der Waals surface area contributed by atoms with Crippen LogP contribution in [0.4, 0.5) is 5.82 Å². The molecule has 1 saturated heterocycles. The van der Waals surface area contributed by atoms with Crippen LogP contribution in [0, 0.1) is 11.5 Å². The number of rotatable bonds is 3. The van der Waals surface area contributed by atoms with Gasteiger partial charge in [0.25, 0.3) is 0 Å². The zero-order valence-corrected chi connectivity index (χ0v) is 13.7. The Bertz CT molecular complexity index is 860. The number of benzene rings is 1. The minimum atomic E-state index is -0.348. The largest absolute Gasteiger partial charge is 0.368 e. The van der Waals surface area contributed by atoms with Gasteiger partial charge in [-0.25, -0.2) is 9.97 Å². The molecule has 3 heterocycles. The van der Waals surface area contributed by atoms with Crippen LogP contribution in [0.2, 0.25) is 0 Å². The van der Waals surface area contributed by atoms with E-state index in [1.54, 1.807) is 4.90 Å². The first kappa shape index (κ1) is 15.4. The van der Waals surface area contributed by atoms with Crippen molar-refractivity contribution in [2.75, 3.05) is 11.4 Å². The molecule has 25 heavy (non-hydrogen) atoms. The maximum absolute atomic E-state index is 11.8. The molecule has 2 aromatic rings. The van der Waals surface area contributed by atoms with E-state index < -0.39 is 0 Å². The van der Waals surface area contributed by atoms with Crippen molar-refractivity contribution in [1.82, 2.24) is 14.9 Å². The van der Waals surface area contributed by atoms with Gasteiger partial charge in [-0.15, -0.1) is 0 Å². The second kappa shape index (κ2) is 6.06. The highest BCUT2D eigenvalue weighted by Crippen LogP contribution is 2.34. The van der Waals surface area contributed by atoms with Gasteiger partial charge in [0, 0.05) is 17.7 Å². The predicted octanol–water partition coefficient (Wildman–Crippen LogP) is 1.39. The highest BCUT2D eigenvalue weighted by molar-refractivity contribution is 5.84. The van der Waals surface area contributed by atoms with Gasteiger partial charge in [-0.2, -0.15) is 5.26 Å². The Kier molecular flexibility index (Phi) is 3.73. The van der Waals surface area contributed by atoms with Crippen molar-refractivity contribution in [2.45, 2.75) is 32.0 Å². The topological polar surface area (TPSA) is 99.1 Å². The number of aromatic nitrogens is 2. The second-order valence-electron chi connectivity index (χ2n) is 6.37. The van der Waals surface area contributed by atoms with Crippen LogP contribution < -0.4 is 10.6 Å². The Morgan fingerprint density at radius 2 is 2.04 bits per heavy atom. The molecule has 7 nitrogen and oxygen atoms in total. The zero-order chi connectivity index (χ0) is 17.4. The molecule has 2 aliphatic heterocycles. The SMILES string of the molecule is N#CN1Cc2nc(-c3ccccc3)nc(N3CCCC3C(N)=O)c2C1. The number of carbonyl (C=O) groups excluding carboxylic acids is 1. The van der Waals surface area contributed by atoms with E-state index in [-0.39, 0.29) is 11.9 Å². The third kappa shape index (κ3) is 2.66. The lowest BCUT2D eigenvalue weighted by Crippen LogP contribution is -2.41. The van der Waals surface area contributed by atoms with Crippen LogP contribution in [-0.2, 0) is 17.9 Å². The summed E-state index contributed by atoms with van der Waals surface area (Å²) in [6.07, 6.45) is 3.81. The molecule has 0 saturated carbocycles. The summed E-state index contributed by atoms with van der Waals surface area (Å²) in [7, 11) is 0. The summed E-state index contributed by atoms with van der Waals surface area (Å²) in [5.74, 6) is 1.02. The normalized spacial score (nSPS) is 18.9. The predicted molar refractivity (Wildman–Crippen MR) is 91.9 cm³/mol. The molecule has 0 aliphatic carbocycles. The lowest BCUT2D eigenvalue weighted by Gasteiger charge is -2.25. The van der Waals surface area contributed by atoms with Crippen LogP contribution in [-0.4, -0.2) is 33.4 Å². The first-order valence-electron chi connectivity index (χ1n) is 8.33. The van der Waals surface area contributed by atoms with E-state index in [1.807, 2.05) is 35.2 Å². The van der Waals surface area contributed by atoms with Gasteiger partial charge in [0.2, 0.25) is 5.91 Å². The lowest BCUT2D eigenvalue weighted by molar-refractivity contribution is -0.119. The minimum absolute atomic E-state index is 0.332. The van der Waals surface area contributed by atoms with Gasteiger partial charge in [-0.1, -0.05) is 30.3 Å². The number of nitrogens with zero attached hydrogens (tertiary/aromatic N) is 5. The van der Waals surface area contributed by atoms with Gasteiger partial charge in [0.05, 0.1) is 18.8 Å². The molecule has 1 aromatic carbocycles. The maximum Gasteiger partial charge on any atom is 0.240 e. The summed E-state index contributed by atoms with van der Waals surface area (Å²) < 4.78 is 0. The molecule has 2 N–H and O–H groups in total. The van der Waals surface area contributed by atoms with Gasteiger partial charge >= 0.3 is 0 Å². The minimum Gasteiger partial charge on any atom is -0.368 e.